The third-order valence-electron chi connectivity index (χ3n) is 3.70. The normalized spacial score (nSPS) is 32.8. The summed E-state index contributed by atoms with van der Waals surface area (Å²) in [7, 11) is 0. The van der Waals surface area contributed by atoms with Gasteiger partial charge in [-0.3, -0.25) is 4.90 Å². The summed E-state index contributed by atoms with van der Waals surface area (Å²) >= 11 is 0. The van der Waals surface area contributed by atoms with Crippen LogP contribution in [-0.2, 0) is 0 Å². The number of nitrogens with one attached hydrogen (secondary N) is 1. The van der Waals surface area contributed by atoms with Gasteiger partial charge in [0, 0.05) is 18.6 Å². The van der Waals surface area contributed by atoms with Crippen LogP contribution in [-0.4, -0.2) is 36.6 Å². The van der Waals surface area contributed by atoms with Crippen LogP contribution in [0.4, 0.5) is 0 Å². The van der Waals surface area contributed by atoms with Gasteiger partial charge in [0.2, 0.25) is 0 Å². The molecule has 0 bridgehead atoms. The summed E-state index contributed by atoms with van der Waals surface area (Å²) in [5.41, 5.74) is 0. The van der Waals surface area contributed by atoms with Crippen LogP contribution in [0.1, 0.15) is 39.5 Å². The highest BCUT2D eigenvalue weighted by Gasteiger charge is 2.32. The number of hydrogen-bond donors (Lipinski definition) is 1. The Morgan fingerprint density at radius 2 is 2.07 bits per heavy atom. The maximum absolute atomic E-state index is 3.64. The van der Waals surface area contributed by atoms with Crippen LogP contribution in [0.2, 0.25) is 0 Å². The molecule has 1 aliphatic carbocycles. The first-order valence-corrected chi connectivity index (χ1v) is 6.28. The first-order chi connectivity index (χ1) is 6.81. The fraction of sp³-hybridized carbons (Fsp3) is 1.00. The van der Waals surface area contributed by atoms with Crippen molar-refractivity contribution in [1.82, 2.24) is 10.2 Å². The van der Waals surface area contributed by atoms with E-state index in [1.807, 2.05) is 0 Å². The van der Waals surface area contributed by atoms with Crippen LogP contribution in [0.25, 0.3) is 0 Å². The third-order valence-corrected chi connectivity index (χ3v) is 3.70. The zero-order chi connectivity index (χ0) is 9.97. The second-order valence-corrected chi connectivity index (χ2v) is 5.05. The van der Waals surface area contributed by atoms with Crippen molar-refractivity contribution in [3.05, 3.63) is 0 Å². The topological polar surface area (TPSA) is 15.3 Å². The second-order valence-electron chi connectivity index (χ2n) is 5.05. The molecule has 1 saturated heterocycles. The van der Waals surface area contributed by atoms with Crippen LogP contribution in [0.15, 0.2) is 0 Å². The van der Waals surface area contributed by atoms with Crippen molar-refractivity contribution in [1.29, 1.82) is 0 Å². The van der Waals surface area contributed by atoms with Gasteiger partial charge in [-0.05, 0) is 44.7 Å². The molecule has 82 valence electrons. The second kappa shape index (κ2) is 4.63. The van der Waals surface area contributed by atoms with Crippen molar-refractivity contribution < 1.29 is 0 Å². The minimum Gasteiger partial charge on any atom is -0.312 e. The molecular weight excluding hydrogens is 172 g/mol. The summed E-state index contributed by atoms with van der Waals surface area (Å²) in [5, 5.41) is 3.64. The van der Waals surface area contributed by atoms with E-state index in [0.717, 1.165) is 18.0 Å². The lowest BCUT2D eigenvalue weighted by Crippen LogP contribution is -2.41. The van der Waals surface area contributed by atoms with Gasteiger partial charge in [0.05, 0.1) is 0 Å². The minimum atomic E-state index is 0.766. The molecule has 14 heavy (non-hydrogen) atoms. The molecule has 1 aliphatic heterocycles. The van der Waals surface area contributed by atoms with E-state index in [1.54, 1.807) is 0 Å². The molecule has 1 N–H and O–H groups in total. The molecule has 2 heteroatoms. The van der Waals surface area contributed by atoms with E-state index in [1.165, 1.54) is 45.3 Å². The SMILES string of the molecule is CCCN(CC1NCCC1C)C1CC1. The third kappa shape index (κ3) is 2.48. The van der Waals surface area contributed by atoms with Crippen LogP contribution >= 0.6 is 0 Å². The monoisotopic (exact) mass is 196 g/mol. The Bertz CT molecular complexity index is 177. The van der Waals surface area contributed by atoms with E-state index < -0.39 is 0 Å². The zero-order valence-electron chi connectivity index (χ0n) is 9.63. The zero-order valence-corrected chi connectivity index (χ0v) is 9.63. The lowest BCUT2D eigenvalue weighted by molar-refractivity contribution is 0.225. The van der Waals surface area contributed by atoms with E-state index >= 15 is 0 Å². The van der Waals surface area contributed by atoms with Crippen molar-refractivity contribution in [2.45, 2.75) is 51.6 Å². The molecule has 0 amide bonds. The van der Waals surface area contributed by atoms with Gasteiger partial charge < -0.3 is 5.32 Å². The molecule has 0 aromatic heterocycles. The van der Waals surface area contributed by atoms with E-state index in [9.17, 15) is 0 Å². The van der Waals surface area contributed by atoms with Crippen LogP contribution < -0.4 is 5.32 Å². The molecular formula is C12H24N2. The molecule has 2 fully saturated rings. The maximum Gasteiger partial charge on any atom is 0.0221 e. The Balaban J connectivity index is 1.80. The van der Waals surface area contributed by atoms with E-state index in [4.69, 9.17) is 0 Å². The molecule has 2 unspecified atom stereocenters. The van der Waals surface area contributed by atoms with Crippen LogP contribution in [0, 0.1) is 5.92 Å². The highest BCUT2D eigenvalue weighted by Crippen LogP contribution is 2.28. The Hall–Kier alpha value is -0.0800. The van der Waals surface area contributed by atoms with Gasteiger partial charge in [0.25, 0.3) is 0 Å². The van der Waals surface area contributed by atoms with Gasteiger partial charge in [0.15, 0.2) is 0 Å². The van der Waals surface area contributed by atoms with Gasteiger partial charge in [0.1, 0.15) is 0 Å². The lowest BCUT2D eigenvalue weighted by atomic mass is 10.0. The largest absolute Gasteiger partial charge is 0.312 e. The predicted molar refractivity (Wildman–Crippen MR) is 60.5 cm³/mol. The molecule has 1 heterocycles. The fourth-order valence-corrected chi connectivity index (χ4v) is 2.55. The van der Waals surface area contributed by atoms with Gasteiger partial charge >= 0.3 is 0 Å². The molecule has 2 rings (SSSR count). The summed E-state index contributed by atoms with van der Waals surface area (Å²) in [6.45, 7) is 8.51. The van der Waals surface area contributed by atoms with Crippen molar-refractivity contribution in [2.24, 2.45) is 5.92 Å². The first kappa shape index (κ1) is 10.4. The van der Waals surface area contributed by atoms with Crippen molar-refractivity contribution in [3.8, 4) is 0 Å². The minimum absolute atomic E-state index is 0.766. The number of rotatable bonds is 5. The Morgan fingerprint density at radius 1 is 1.29 bits per heavy atom. The Kier molecular flexibility index (Phi) is 3.45. The van der Waals surface area contributed by atoms with Crippen molar-refractivity contribution in [3.63, 3.8) is 0 Å². The molecule has 0 spiro atoms. The summed E-state index contributed by atoms with van der Waals surface area (Å²) in [4.78, 5) is 2.71. The molecule has 2 nitrogen and oxygen atoms in total. The van der Waals surface area contributed by atoms with Crippen LogP contribution in [0.3, 0.4) is 0 Å². The predicted octanol–water partition coefficient (Wildman–Crippen LogP) is 1.86. The highest BCUT2D eigenvalue weighted by atomic mass is 15.2. The Labute approximate surface area is 88.1 Å². The quantitative estimate of drug-likeness (QED) is 0.722. The summed E-state index contributed by atoms with van der Waals surface area (Å²) in [6.07, 6.45) is 5.56. The summed E-state index contributed by atoms with van der Waals surface area (Å²) in [5.74, 6) is 0.883. The molecule has 0 aromatic rings. The van der Waals surface area contributed by atoms with Gasteiger partial charge in [-0.25, -0.2) is 0 Å². The maximum atomic E-state index is 3.64. The molecule has 1 saturated carbocycles. The average molecular weight is 196 g/mol. The van der Waals surface area contributed by atoms with Gasteiger partial charge in [-0.2, -0.15) is 0 Å². The van der Waals surface area contributed by atoms with E-state index in [2.05, 4.69) is 24.1 Å². The van der Waals surface area contributed by atoms with Gasteiger partial charge in [-0.1, -0.05) is 13.8 Å². The molecule has 0 radical (unpaired) electrons. The molecule has 2 aliphatic rings. The molecule has 2 atom stereocenters. The average Bonchev–Trinajstić information content (AvgIpc) is 2.93. The highest BCUT2D eigenvalue weighted by molar-refractivity contribution is 4.90. The standard InChI is InChI=1S/C12H24N2/c1-3-8-14(11-4-5-11)9-12-10(2)6-7-13-12/h10-13H,3-9H2,1-2H3. The molecule has 0 aromatic carbocycles. The number of hydrogen-bond acceptors (Lipinski definition) is 2. The van der Waals surface area contributed by atoms with E-state index in [-0.39, 0.29) is 0 Å². The van der Waals surface area contributed by atoms with Crippen LogP contribution in [0.5, 0.6) is 0 Å². The first-order valence-electron chi connectivity index (χ1n) is 6.28. The Morgan fingerprint density at radius 3 is 2.57 bits per heavy atom. The van der Waals surface area contributed by atoms with E-state index in [0.29, 0.717) is 0 Å². The smallest absolute Gasteiger partial charge is 0.0221 e. The summed E-state index contributed by atoms with van der Waals surface area (Å²) < 4.78 is 0. The van der Waals surface area contributed by atoms with Crippen molar-refractivity contribution >= 4 is 0 Å². The fourth-order valence-electron chi connectivity index (χ4n) is 2.55. The lowest BCUT2D eigenvalue weighted by Gasteiger charge is -2.27. The number of nitrogens with zero attached hydrogens (tertiary/aromatic N) is 1. The van der Waals surface area contributed by atoms with Gasteiger partial charge in [-0.15, -0.1) is 0 Å². The summed E-state index contributed by atoms with van der Waals surface area (Å²) in [6, 6.07) is 1.70. The van der Waals surface area contributed by atoms with Crippen molar-refractivity contribution in [2.75, 3.05) is 19.6 Å².